The number of hydrogen-bond donors (Lipinski definition) is 6. The number of anilines is 1. The van der Waals surface area contributed by atoms with E-state index in [1.54, 1.807) is 13.8 Å². The number of rotatable bonds is 10. The highest BCUT2D eigenvalue weighted by atomic mass is 16.2. The first-order chi connectivity index (χ1) is 13.1. The molecule has 0 spiro atoms. The number of nitrogens with two attached hydrogens (primary N) is 3. The summed E-state index contributed by atoms with van der Waals surface area (Å²) in [6, 6.07) is 3.75. The normalized spacial score (nSPS) is 12.7. The molecule has 0 fully saturated rings. The molecule has 0 saturated carbocycles. The fourth-order valence-corrected chi connectivity index (χ4v) is 2.30. The summed E-state index contributed by atoms with van der Waals surface area (Å²) >= 11 is 0. The summed E-state index contributed by atoms with van der Waals surface area (Å²) in [4.78, 5) is 46.7. The SMILES string of the molecule is CC(C)[C@H](N)C(=O)N[C@@H](CCCNC(N)=O)C(=O)Nc1ccc(C(N)=O)cc1. The third-order valence-corrected chi connectivity index (χ3v) is 4.06. The number of hydrogen-bond acceptors (Lipinski definition) is 5. The van der Waals surface area contributed by atoms with Crippen molar-refractivity contribution in [3.8, 4) is 0 Å². The average molecular weight is 392 g/mol. The Hall–Kier alpha value is -3.14. The van der Waals surface area contributed by atoms with E-state index >= 15 is 0 Å². The highest BCUT2D eigenvalue weighted by Crippen LogP contribution is 2.11. The molecule has 154 valence electrons. The van der Waals surface area contributed by atoms with Crippen molar-refractivity contribution < 1.29 is 19.2 Å². The van der Waals surface area contributed by atoms with Crippen molar-refractivity contribution >= 4 is 29.4 Å². The molecule has 28 heavy (non-hydrogen) atoms. The molecule has 0 saturated heterocycles. The van der Waals surface area contributed by atoms with Gasteiger partial charge in [0.2, 0.25) is 17.7 Å². The Morgan fingerprint density at radius 2 is 1.61 bits per heavy atom. The number of amides is 5. The summed E-state index contributed by atoms with van der Waals surface area (Å²) in [5.41, 5.74) is 16.8. The van der Waals surface area contributed by atoms with Crippen molar-refractivity contribution in [2.45, 2.75) is 38.8 Å². The fourth-order valence-electron chi connectivity index (χ4n) is 2.30. The van der Waals surface area contributed by atoms with Crippen LogP contribution in [0.1, 0.15) is 37.0 Å². The summed E-state index contributed by atoms with van der Waals surface area (Å²) in [7, 11) is 0. The molecule has 5 amide bonds. The maximum Gasteiger partial charge on any atom is 0.312 e. The number of urea groups is 1. The molecule has 0 aliphatic carbocycles. The van der Waals surface area contributed by atoms with Gasteiger partial charge in [-0.2, -0.15) is 0 Å². The van der Waals surface area contributed by atoms with Crippen LogP contribution in [0.15, 0.2) is 24.3 Å². The lowest BCUT2D eigenvalue weighted by Crippen LogP contribution is -2.51. The molecule has 0 aromatic heterocycles. The Balaban J connectivity index is 2.79. The summed E-state index contributed by atoms with van der Waals surface area (Å²) < 4.78 is 0. The van der Waals surface area contributed by atoms with Crippen molar-refractivity contribution in [2.24, 2.45) is 23.1 Å². The monoisotopic (exact) mass is 392 g/mol. The molecule has 0 aliphatic heterocycles. The lowest BCUT2D eigenvalue weighted by molar-refractivity contribution is -0.128. The molecule has 10 nitrogen and oxygen atoms in total. The van der Waals surface area contributed by atoms with E-state index in [2.05, 4.69) is 16.0 Å². The van der Waals surface area contributed by atoms with E-state index in [0.29, 0.717) is 17.7 Å². The van der Waals surface area contributed by atoms with Crippen LogP contribution in [0, 0.1) is 5.92 Å². The van der Waals surface area contributed by atoms with Crippen LogP contribution in [0.3, 0.4) is 0 Å². The molecule has 1 aromatic carbocycles. The van der Waals surface area contributed by atoms with Gasteiger partial charge in [-0.3, -0.25) is 14.4 Å². The van der Waals surface area contributed by atoms with Gasteiger partial charge in [0.05, 0.1) is 6.04 Å². The lowest BCUT2D eigenvalue weighted by atomic mass is 10.0. The minimum Gasteiger partial charge on any atom is -0.366 e. The van der Waals surface area contributed by atoms with Crippen LogP contribution >= 0.6 is 0 Å². The van der Waals surface area contributed by atoms with Gasteiger partial charge in [-0.1, -0.05) is 13.8 Å². The molecule has 1 rings (SSSR count). The Morgan fingerprint density at radius 3 is 2.11 bits per heavy atom. The predicted octanol–water partition coefficient (Wildman–Crippen LogP) is -0.359. The number of carbonyl (C=O) groups excluding carboxylic acids is 4. The quantitative estimate of drug-likeness (QED) is 0.297. The van der Waals surface area contributed by atoms with Crippen molar-refractivity contribution in [1.82, 2.24) is 10.6 Å². The topological polar surface area (TPSA) is 182 Å². The maximum atomic E-state index is 12.6. The number of nitrogens with one attached hydrogen (secondary N) is 3. The Labute approximate surface area is 163 Å². The first kappa shape index (κ1) is 22.9. The Bertz CT molecular complexity index is 705. The summed E-state index contributed by atoms with van der Waals surface area (Å²) in [5.74, 6) is -1.56. The van der Waals surface area contributed by atoms with Crippen LogP contribution < -0.4 is 33.2 Å². The number of carbonyl (C=O) groups is 4. The Morgan fingerprint density at radius 1 is 1.00 bits per heavy atom. The Kier molecular flexibility index (Phi) is 8.89. The summed E-state index contributed by atoms with van der Waals surface area (Å²) in [6.45, 7) is 3.87. The second kappa shape index (κ2) is 10.9. The van der Waals surface area contributed by atoms with Crippen molar-refractivity contribution in [3.05, 3.63) is 29.8 Å². The smallest absolute Gasteiger partial charge is 0.312 e. The first-order valence-corrected chi connectivity index (χ1v) is 8.91. The number of benzene rings is 1. The van der Waals surface area contributed by atoms with E-state index in [-0.39, 0.29) is 18.9 Å². The van der Waals surface area contributed by atoms with Crippen LogP contribution in [-0.4, -0.2) is 42.4 Å². The van der Waals surface area contributed by atoms with E-state index in [4.69, 9.17) is 17.2 Å². The van der Waals surface area contributed by atoms with E-state index < -0.39 is 35.8 Å². The summed E-state index contributed by atoms with van der Waals surface area (Å²) in [6.07, 6.45) is 0.681. The zero-order valence-corrected chi connectivity index (χ0v) is 16.0. The van der Waals surface area contributed by atoms with E-state index in [1.165, 1.54) is 24.3 Å². The van der Waals surface area contributed by atoms with Crippen LogP contribution in [-0.2, 0) is 9.59 Å². The molecule has 0 aliphatic rings. The highest BCUT2D eigenvalue weighted by Gasteiger charge is 2.25. The molecule has 0 bridgehead atoms. The van der Waals surface area contributed by atoms with Crippen LogP contribution in [0.25, 0.3) is 0 Å². The van der Waals surface area contributed by atoms with E-state index in [9.17, 15) is 19.2 Å². The minimum atomic E-state index is -0.859. The van der Waals surface area contributed by atoms with Crippen molar-refractivity contribution in [3.63, 3.8) is 0 Å². The van der Waals surface area contributed by atoms with Crippen molar-refractivity contribution in [1.29, 1.82) is 0 Å². The van der Waals surface area contributed by atoms with Gasteiger partial charge in [-0.15, -0.1) is 0 Å². The fraction of sp³-hybridized carbons (Fsp3) is 0.444. The molecular formula is C18H28N6O4. The van der Waals surface area contributed by atoms with Crippen LogP contribution in [0.4, 0.5) is 10.5 Å². The molecule has 0 heterocycles. The third-order valence-electron chi connectivity index (χ3n) is 4.06. The zero-order valence-electron chi connectivity index (χ0n) is 16.0. The van der Waals surface area contributed by atoms with Gasteiger partial charge in [0.15, 0.2) is 0 Å². The second-order valence-corrected chi connectivity index (χ2v) is 6.70. The molecular weight excluding hydrogens is 364 g/mol. The predicted molar refractivity (Wildman–Crippen MR) is 105 cm³/mol. The minimum absolute atomic E-state index is 0.0958. The van der Waals surface area contributed by atoms with E-state index in [1.807, 2.05) is 0 Å². The third kappa shape index (κ3) is 7.62. The van der Waals surface area contributed by atoms with Gasteiger partial charge in [0.25, 0.3) is 0 Å². The molecule has 10 heteroatoms. The van der Waals surface area contributed by atoms with Gasteiger partial charge in [-0.25, -0.2) is 4.79 Å². The van der Waals surface area contributed by atoms with Gasteiger partial charge in [0.1, 0.15) is 6.04 Å². The highest BCUT2D eigenvalue weighted by molar-refractivity contribution is 5.98. The first-order valence-electron chi connectivity index (χ1n) is 8.91. The van der Waals surface area contributed by atoms with Crippen molar-refractivity contribution in [2.75, 3.05) is 11.9 Å². The molecule has 9 N–H and O–H groups in total. The van der Waals surface area contributed by atoms with Gasteiger partial charge >= 0.3 is 6.03 Å². The van der Waals surface area contributed by atoms with E-state index in [0.717, 1.165) is 0 Å². The van der Waals surface area contributed by atoms with Gasteiger partial charge in [0, 0.05) is 17.8 Å². The van der Waals surface area contributed by atoms with Crippen LogP contribution in [0.2, 0.25) is 0 Å². The molecule has 1 aromatic rings. The average Bonchev–Trinajstić information content (AvgIpc) is 2.63. The van der Waals surface area contributed by atoms with Gasteiger partial charge < -0.3 is 33.2 Å². The summed E-state index contributed by atoms with van der Waals surface area (Å²) in [5, 5.41) is 7.74. The largest absolute Gasteiger partial charge is 0.366 e. The van der Waals surface area contributed by atoms with Crippen LogP contribution in [0.5, 0.6) is 0 Å². The number of primary amides is 2. The molecule has 0 unspecified atom stereocenters. The second-order valence-electron chi connectivity index (χ2n) is 6.70. The molecule has 2 atom stereocenters. The molecule has 0 radical (unpaired) electrons. The zero-order chi connectivity index (χ0) is 21.3. The standard InChI is InChI=1S/C18H28N6O4/c1-10(2)14(19)17(27)24-13(4-3-9-22-18(21)28)16(26)23-12-7-5-11(6-8-12)15(20)25/h5-8,10,13-14H,3-4,9,19H2,1-2H3,(H2,20,25)(H,23,26)(H,24,27)(H3,21,22,28)/t13-,14-/m0/s1. The van der Waals surface area contributed by atoms with Gasteiger partial charge in [-0.05, 0) is 43.0 Å². The lowest BCUT2D eigenvalue weighted by Gasteiger charge is -2.22. The maximum absolute atomic E-state index is 12.6.